The van der Waals surface area contributed by atoms with Gasteiger partial charge in [-0.05, 0) is 29.3 Å². The van der Waals surface area contributed by atoms with E-state index in [0.717, 1.165) is 0 Å². The highest BCUT2D eigenvalue weighted by Crippen LogP contribution is 2.43. The molecule has 0 aliphatic carbocycles. The number of rotatable bonds is 2. The van der Waals surface area contributed by atoms with Crippen molar-refractivity contribution in [3.05, 3.63) is 42.0 Å². The lowest BCUT2D eigenvalue weighted by Crippen LogP contribution is -2.12. The normalized spacial score (nSPS) is 11.4. The van der Waals surface area contributed by atoms with Gasteiger partial charge in [-0.25, -0.2) is 0 Å². The quantitative estimate of drug-likeness (QED) is 0.828. The van der Waals surface area contributed by atoms with Crippen LogP contribution in [0.15, 0.2) is 36.4 Å². The van der Waals surface area contributed by atoms with Gasteiger partial charge in [-0.3, -0.25) is 0 Å². The Morgan fingerprint density at radius 2 is 1.75 bits per heavy atom. The molecule has 0 saturated heterocycles. The van der Waals surface area contributed by atoms with Gasteiger partial charge in [0.2, 0.25) is 0 Å². The van der Waals surface area contributed by atoms with Crippen LogP contribution in [0.3, 0.4) is 0 Å². The number of anilines is 2. The molecule has 0 fully saturated rings. The van der Waals surface area contributed by atoms with Crippen molar-refractivity contribution < 1.29 is 17.9 Å². The molecule has 0 bridgehead atoms. The van der Waals surface area contributed by atoms with Crippen LogP contribution in [-0.4, -0.2) is 7.11 Å². The minimum Gasteiger partial charge on any atom is -0.497 e. The molecular formula is C14H13F3N2O. The van der Waals surface area contributed by atoms with Crippen molar-refractivity contribution in [3.8, 4) is 16.9 Å². The zero-order chi connectivity index (χ0) is 14.9. The van der Waals surface area contributed by atoms with E-state index in [-0.39, 0.29) is 11.3 Å². The lowest BCUT2D eigenvalue weighted by molar-refractivity contribution is -0.136. The molecule has 3 nitrogen and oxygen atoms in total. The average molecular weight is 282 g/mol. The number of nitrogen functional groups attached to an aromatic ring is 2. The highest BCUT2D eigenvalue weighted by Gasteiger charge is 2.36. The molecule has 0 amide bonds. The van der Waals surface area contributed by atoms with E-state index in [0.29, 0.717) is 11.3 Å². The Bertz CT molecular complexity index is 639. The zero-order valence-corrected chi connectivity index (χ0v) is 10.7. The Balaban J connectivity index is 2.71. The Hall–Kier alpha value is -2.37. The van der Waals surface area contributed by atoms with Crippen LogP contribution in [-0.2, 0) is 6.18 Å². The molecule has 4 N–H and O–H groups in total. The molecule has 0 spiro atoms. The second kappa shape index (κ2) is 4.96. The first kappa shape index (κ1) is 14.0. The van der Waals surface area contributed by atoms with Gasteiger partial charge in [0.05, 0.1) is 24.0 Å². The summed E-state index contributed by atoms with van der Waals surface area (Å²) in [5, 5.41) is 0. The van der Waals surface area contributed by atoms with Crippen LogP contribution in [0.1, 0.15) is 5.56 Å². The SMILES string of the molecule is COc1cccc(-c2ccc(N)c(N)c2C(F)(F)F)c1. The fraction of sp³-hybridized carbons (Fsp3) is 0.143. The number of ether oxygens (including phenoxy) is 1. The van der Waals surface area contributed by atoms with E-state index in [1.807, 2.05) is 0 Å². The topological polar surface area (TPSA) is 61.3 Å². The van der Waals surface area contributed by atoms with E-state index >= 15 is 0 Å². The predicted octanol–water partition coefficient (Wildman–Crippen LogP) is 3.55. The molecule has 0 aliphatic rings. The predicted molar refractivity (Wildman–Crippen MR) is 72.3 cm³/mol. The molecule has 0 unspecified atom stereocenters. The number of alkyl halides is 3. The fourth-order valence-electron chi connectivity index (χ4n) is 1.97. The molecular weight excluding hydrogens is 269 g/mol. The van der Waals surface area contributed by atoms with Gasteiger partial charge >= 0.3 is 6.18 Å². The summed E-state index contributed by atoms with van der Waals surface area (Å²) in [6.45, 7) is 0. The van der Waals surface area contributed by atoms with Crippen molar-refractivity contribution >= 4 is 11.4 Å². The third kappa shape index (κ3) is 2.49. The molecule has 0 atom stereocenters. The molecule has 106 valence electrons. The van der Waals surface area contributed by atoms with E-state index < -0.39 is 17.4 Å². The van der Waals surface area contributed by atoms with Crippen LogP contribution in [0.4, 0.5) is 24.5 Å². The minimum absolute atomic E-state index is 0.0249. The van der Waals surface area contributed by atoms with Gasteiger partial charge < -0.3 is 16.2 Å². The van der Waals surface area contributed by atoms with Crippen LogP contribution in [0, 0.1) is 0 Å². The van der Waals surface area contributed by atoms with Crippen molar-refractivity contribution in [2.75, 3.05) is 18.6 Å². The first-order valence-corrected chi connectivity index (χ1v) is 5.74. The standard InChI is InChI=1S/C14H13F3N2O/c1-20-9-4-2-3-8(7-9)10-5-6-11(18)13(19)12(10)14(15,16)17/h2-7H,18-19H2,1H3. The van der Waals surface area contributed by atoms with Gasteiger partial charge in [0.15, 0.2) is 0 Å². The van der Waals surface area contributed by atoms with Crippen molar-refractivity contribution in [1.29, 1.82) is 0 Å². The number of halogens is 3. The number of methoxy groups -OCH3 is 1. The van der Waals surface area contributed by atoms with E-state index in [1.54, 1.807) is 18.2 Å². The zero-order valence-electron chi connectivity index (χ0n) is 10.7. The summed E-state index contributed by atoms with van der Waals surface area (Å²) in [6.07, 6.45) is -4.59. The summed E-state index contributed by atoms with van der Waals surface area (Å²) >= 11 is 0. The first-order valence-electron chi connectivity index (χ1n) is 5.74. The van der Waals surface area contributed by atoms with E-state index in [9.17, 15) is 13.2 Å². The Labute approximate surface area is 114 Å². The smallest absolute Gasteiger partial charge is 0.419 e. The lowest BCUT2D eigenvalue weighted by Gasteiger charge is -2.17. The van der Waals surface area contributed by atoms with Crippen molar-refractivity contribution in [1.82, 2.24) is 0 Å². The average Bonchev–Trinajstić information content (AvgIpc) is 2.40. The number of hydrogen-bond acceptors (Lipinski definition) is 3. The first-order chi connectivity index (χ1) is 9.34. The second-order valence-corrected chi connectivity index (χ2v) is 4.22. The third-order valence-corrected chi connectivity index (χ3v) is 2.94. The Morgan fingerprint density at radius 3 is 2.35 bits per heavy atom. The minimum atomic E-state index is -4.59. The second-order valence-electron chi connectivity index (χ2n) is 4.22. The maximum Gasteiger partial charge on any atom is 0.419 e. The van der Waals surface area contributed by atoms with Crippen LogP contribution < -0.4 is 16.2 Å². The highest BCUT2D eigenvalue weighted by atomic mass is 19.4. The number of hydrogen-bond donors (Lipinski definition) is 2. The molecule has 0 aromatic heterocycles. The Morgan fingerprint density at radius 1 is 1.05 bits per heavy atom. The summed E-state index contributed by atoms with van der Waals surface area (Å²) in [6, 6.07) is 9.00. The molecule has 2 rings (SSSR count). The van der Waals surface area contributed by atoms with Gasteiger partial charge in [-0.1, -0.05) is 18.2 Å². The lowest BCUT2D eigenvalue weighted by atomic mass is 9.97. The molecule has 2 aromatic carbocycles. The summed E-state index contributed by atoms with van der Waals surface area (Å²) in [5.74, 6) is 0.464. The number of benzene rings is 2. The monoisotopic (exact) mass is 282 g/mol. The third-order valence-electron chi connectivity index (χ3n) is 2.94. The van der Waals surface area contributed by atoms with Gasteiger partial charge in [-0.15, -0.1) is 0 Å². The van der Waals surface area contributed by atoms with E-state index in [2.05, 4.69) is 0 Å². The van der Waals surface area contributed by atoms with Crippen LogP contribution in [0.5, 0.6) is 5.75 Å². The van der Waals surface area contributed by atoms with Gasteiger partial charge in [0.25, 0.3) is 0 Å². The van der Waals surface area contributed by atoms with Gasteiger partial charge in [-0.2, -0.15) is 13.2 Å². The van der Waals surface area contributed by atoms with Crippen molar-refractivity contribution in [3.63, 3.8) is 0 Å². The van der Waals surface area contributed by atoms with Crippen LogP contribution in [0.25, 0.3) is 11.1 Å². The fourth-order valence-corrected chi connectivity index (χ4v) is 1.97. The number of nitrogens with two attached hydrogens (primary N) is 2. The van der Waals surface area contributed by atoms with E-state index in [4.69, 9.17) is 16.2 Å². The van der Waals surface area contributed by atoms with Gasteiger partial charge in [0.1, 0.15) is 5.75 Å². The van der Waals surface area contributed by atoms with Crippen molar-refractivity contribution in [2.45, 2.75) is 6.18 Å². The van der Waals surface area contributed by atoms with Crippen LogP contribution in [0.2, 0.25) is 0 Å². The Kier molecular flexibility index (Phi) is 3.48. The summed E-state index contributed by atoms with van der Waals surface area (Å²) in [7, 11) is 1.45. The maximum atomic E-state index is 13.2. The molecule has 0 heterocycles. The van der Waals surface area contributed by atoms with E-state index in [1.165, 1.54) is 25.3 Å². The van der Waals surface area contributed by atoms with Gasteiger partial charge in [0, 0.05) is 0 Å². The summed E-state index contributed by atoms with van der Waals surface area (Å²) < 4.78 is 44.6. The molecule has 0 aliphatic heterocycles. The summed E-state index contributed by atoms with van der Waals surface area (Å²) in [4.78, 5) is 0. The largest absolute Gasteiger partial charge is 0.497 e. The van der Waals surface area contributed by atoms with Crippen molar-refractivity contribution in [2.24, 2.45) is 0 Å². The molecule has 0 saturated carbocycles. The van der Waals surface area contributed by atoms with Crippen LogP contribution >= 0.6 is 0 Å². The molecule has 6 heteroatoms. The summed E-state index contributed by atoms with van der Waals surface area (Å²) in [5.41, 5.74) is 9.83. The molecule has 2 aromatic rings. The maximum absolute atomic E-state index is 13.2. The molecule has 0 radical (unpaired) electrons. The molecule has 20 heavy (non-hydrogen) atoms. The highest BCUT2D eigenvalue weighted by molar-refractivity contribution is 5.81.